The third kappa shape index (κ3) is 3.83. The normalized spacial score (nSPS) is 10.8. The lowest BCUT2D eigenvalue weighted by Crippen LogP contribution is -2.17. The summed E-state index contributed by atoms with van der Waals surface area (Å²) in [5, 5.41) is 4.91. The Kier molecular flexibility index (Phi) is 4.77. The predicted octanol–water partition coefficient (Wildman–Crippen LogP) is 4.07. The van der Waals surface area contributed by atoms with Gasteiger partial charge >= 0.3 is 0 Å². The molecule has 0 saturated heterocycles. The van der Waals surface area contributed by atoms with E-state index in [4.69, 9.17) is 23.2 Å². The molecule has 20 heavy (non-hydrogen) atoms. The van der Waals surface area contributed by atoms with E-state index in [1.165, 1.54) is 6.21 Å². The number of aryl methyl sites for hydroxylation is 1. The number of hydrazone groups is 1. The summed E-state index contributed by atoms with van der Waals surface area (Å²) in [6.07, 6.45) is 1.48. The van der Waals surface area contributed by atoms with Crippen LogP contribution in [0.5, 0.6) is 0 Å². The Hall–Kier alpha value is -1.84. The summed E-state index contributed by atoms with van der Waals surface area (Å²) in [4.78, 5) is 11.8. The van der Waals surface area contributed by atoms with Crippen molar-refractivity contribution in [3.63, 3.8) is 0 Å². The summed E-state index contributed by atoms with van der Waals surface area (Å²) in [5.74, 6) is -0.272. The quantitative estimate of drug-likeness (QED) is 0.674. The molecule has 5 heteroatoms. The van der Waals surface area contributed by atoms with E-state index in [-0.39, 0.29) is 5.91 Å². The number of benzene rings is 2. The van der Waals surface area contributed by atoms with E-state index >= 15 is 0 Å². The lowest BCUT2D eigenvalue weighted by molar-refractivity contribution is 0.0955. The van der Waals surface area contributed by atoms with Gasteiger partial charge in [0, 0.05) is 16.1 Å². The molecule has 0 aliphatic carbocycles. The van der Waals surface area contributed by atoms with E-state index in [0.29, 0.717) is 21.2 Å². The van der Waals surface area contributed by atoms with Gasteiger partial charge in [0.15, 0.2) is 0 Å². The zero-order valence-corrected chi connectivity index (χ0v) is 12.2. The van der Waals surface area contributed by atoms with Gasteiger partial charge < -0.3 is 0 Å². The molecule has 0 saturated carbocycles. The Bertz CT molecular complexity index is 651. The van der Waals surface area contributed by atoms with E-state index in [1.54, 1.807) is 30.3 Å². The standard InChI is InChI=1S/C15H12Cl2N2O/c1-10-2-4-11(5-3-10)15(20)19-18-9-12-6-7-13(16)8-14(12)17/h2-9H,1H3,(H,19,20). The Morgan fingerprint density at radius 3 is 2.50 bits per heavy atom. The summed E-state index contributed by atoms with van der Waals surface area (Å²) in [6, 6.07) is 12.3. The van der Waals surface area contributed by atoms with Gasteiger partial charge in [-0.05, 0) is 31.2 Å². The maximum atomic E-state index is 11.8. The van der Waals surface area contributed by atoms with Crippen molar-refractivity contribution in [3.8, 4) is 0 Å². The number of halogens is 2. The summed E-state index contributed by atoms with van der Waals surface area (Å²) in [7, 11) is 0. The molecule has 1 amide bonds. The molecule has 2 rings (SSSR count). The van der Waals surface area contributed by atoms with Crippen LogP contribution >= 0.6 is 23.2 Å². The van der Waals surface area contributed by atoms with Crippen LogP contribution in [0.15, 0.2) is 47.6 Å². The first-order valence-electron chi connectivity index (χ1n) is 5.91. The number of rotatable bonds is 3. The number of hydrogen-bond acceptors (Lipinski definition) is 2. The van der Waals surface area contributed by atoms with Crippen molar-refractivity contribution < 1.29 is 4.79 Å². The third-order valence-corrected chi connectivity index (χ3v) is 3.21. The molecule has 0 unspecified atom stereocenters. The summed E-state index contributed by atoms with van der Waals surface area (Å²) in [5.41, 5.74) is 4.77. The second-order valence-electron chi connectivity index (χ2n) is 4.23. The number of nitrogens with one attached hydrogen (secondary N) is 1. The zero-order chi connectivity index (χ0) is 14.5. The van der Waals surface area contributed by atoms with E-state index in [2.05, 4.69) is 10.5 Å². The van der Waals surface area contributed by atoms with Crippen LogP contribution in [-0.2, 0) is 0 Å². The number of carbonyl (C=O) groups excluding carboxylic acids is 1. The highest BCUT2D eigenvalue weighted by Crippen LogP contribution is 2.19. The van der Waals surface area contributed by atoms with Crippen LogP contribution in [0.4, 0.5) is 0 Å². The van der Waals surface area contributed by atoms with Gasteiger partial charge in [-0.3, -0.25) is 4.79 Å². The smallest absolute Gasteiger partial charge is 0.267 e. The van der Waals surface area contributed by atoms with Gasteiger partial charge in [-0.25, -0.2) is 5.43 Å². The SMILES string of the molecule is Cc1ccc(C(=O)NN=Cc2ccc(Cl)cc2Cl)cc1. The molecular weight excluding hydrogens is 295 g/mol. The molecule has 2 aromatic rings. The maximum Gasteiger partial charge on any atom is 0.271 e. The van der Waals surface area contributed by atoms with Crippen molar-refractivity contribution in [1.29, 1.82) is 0 Å². The van der Waals surface area contributed by atoms with E-state index in [1.807, 2.05) is 19.1 Å². The van der Waals surface area contributed by atoms with E-state index < -0.39 is 0 Å². The largest absolute Gasteiger partial charge is 0.271 e. The molecular formula is C15H12Cl2N2O. The molecule has 1 N–H and O–H groups in total. The van der Waals surface area contributed by atoms with Gasteiger partial charge in [0.05, 0.1) is 11.2 Å². The van der Waals surface area contributed by atoms with Crippen molar-refractivity contribution in [2.45, 2.75) is 6.92 Å². The van der Waals surface area contributed by atoms with Gasteiger partial charge in [-0.1, -0.05) is 47.0 Å². The third-order valence-electron chi connectivity index (χ3n) is 2.65. The van der Waals surface area contributed by atoms with Crippen molar-refractivity contribution in [2.24, 2.45) is 5.10 Å². The van der Waals surface area contributed by atoms with Crippen LogP contribution in [-0.4, -0.2) is 12.1 Å². The molecule has 0 radical (unpaired) electrons. The Labute approximate surface area is 127 Å². The first-order valence-corrected chi connectivity index (χ1v) is 6.67. The first-order chi connectivity index (χ1) is 9.56. The average Bonchev–Trinajstić information content (AvgIpc) is 2.42. The van der Waals surface area contributed by atoms with Crippen molar-refractivity contribution in [3.05, 3.63) is 69.2 Å². The van der Waals surface area contributed by atoms with Crippen LogP contribution in [0.25, 0.3) is 0 Å². The first kappa shape index (κ1) is 14.6. The van der Waals surface area contributed by atoms with Gasteiger partial charge in [0.2, 0.25) is 0 Å². The Morgan fingerprint density at radius 2 is 1.85 bits per heavy atom. The van der Waals surface area contributed by atoms with Crippen molar-refractivity contribution >= 4 is 35.3 Å². The maximum absolute atomic E-state index is 11.8. The monoisotopic (exact) mass is 306 g/mol. The van der Waals surface area contributed by atoms with Crippen LogP contribution in [0, 0.1) is 6.92 Å². The minimum absolute atomic E-state index is 0.272. The van der Waals surface area contributed by atoms with E-state index in [0.717, 1.165) is 5.56 Å². The molecule has 0 aliphatic heterocycles. The number of hydrogen-bond donors (Lipinski definition) is 1. The number of carbonyl (C=O) groups is 1. The van der Waals surface area contributed by atoms with Crippen LogP contribution < -0.4 is 5.43 Å². The molecule has 3 nitrogen and oxygen atoms in total. The fraction of sp³-hybridized carbons (Fsp3) is 0.0667. The van der Waals surface area contributed by atoms with Crippen molar-refractivity contribution in [2.75, 3.05) is 0 Å². The summed E-state index contributed by atoms with van der Waals surface area (Å²) in [6.45, 7) is 1.96. The Morgan fingerprint density at radius 1 is 1.15 bits per heavy atom. The van der Waals surface area contributed by atoms with Gasteiger partial charge in [-0.2, -0.15) is 5.10 Å². The molecule has 0 atom stereocenters. The number of amides is 1. The van der Waals surface area contributed by atoms with E-state index in [9.17, 15) is 4.79 Å². The zero-order valence-electron chi connectivity index (χ0n) is 10.7. The minimum Gasteiger partial charge on any atom is -0.267 e. The summed E-state index contributed by atoms with van der Waals surface area (Å²) < 4.78 is 0. The van der Waals surface area contributed by atoms with Crippen molar-refractivity contribution in [1.82, 2.24) is 5.43 Å². The predicted molar refractivity (Wildman–Crippen MR) is 82.7 cm³/mol. The molecule has 2 aromatic carbocycles. The molecule has 0 aromatic heterocycles. The highest BCUT2D eigenvalue weighted by Gasteiger charge is 2.03. The molecule has 0 fully saturated rings. The van der Waals surface area contributed by atoms with Crippen LogP contribution in [0.2, 0.25) is 10.0 Å². The topological polar surface area (TPSA) is 41.5 Å². The van der Waals surface area contributed by atoms with Gasteiger partial charge in [-0.15, -0.1) is 0 Å². The molecule has 0 aliphatic rings. The fourth-order valence-electron chi connectivity index (χ4n) is 1.54. The summed E-state index contributed by atoms with van der Waals surface area (Å²) >= 11 is 11.8. The second kappa shape index (κ2) is 6.55. The number of nitrogens with zero attached hydrogens (tertiary/aromatic N) is 1. The molecule has 0 heterocycles. The van der Waals surface area contributed by atoms with Gasteiger partial charge in [0.1, 0.15) is 0 Å². The Balaban J connectivity index is 2.02. The average molecular weight is 307 g/mol. The lowest BCUT2D eigenvalue weighted by atomic mass is 10.1. The highest BCUT2D eigenvalue weighted by molar-refractivity contribution is 6.36. The fourth-order valence-corrected chi connectivity index (χ4v) is 1.99. The molecule has 0 spiro atoms. The van der Waals surface area contributed by atoms with Gasteiger partial charge in [0.25, 0.3) is 5.91 Å². The molecule has 0 bridgehead atoms. The van der Waals surface area contributed by atoms with Crippen LogP contribution in [0.1, 0.15) is 21.5 Å². The lowest BCUT2D eigenvalue weighted by Gasteiger charge is -2.01. The molecule has 102 valence electrons. The minimum atomic E-state index is -0.272. The van der Waals surface area contributed by atoms with Crippen LogP contribution in [0.3, 0.4) is 0 Å². The highest BCUT2D eigenvalue weighted by atomic mass is 35.5. The second-order valence-corrected chi connectivity index (χ2v) is 5.07.